The van der Waals surface area contributed by atoms with Crippen molar-refractivity contribution < 1.29 is 17.9 Å². The van der Waals surface area contributed by atoms with Gasteiger partial charge in [0.25, 0.3) is 0 Å². The van der Waals surface area contributed by atoms with Gasteiger partial charge in [0.1, 0.15) is 10.1 Å². The van der Waals surface area contributed by atoms with Crippen LogP contribution in [0.2, 0.25) is 0 Å². The summed E-state index contributed by atoms with van der Waals surface area (Å²) in [4.78, 5) is 14.4. The predicted octanol–water partition coefficient (Wildman–Crippen LogP) is 2.11. The average Bonchev–Trinajstić information content (AvgIpc) is 3.13. The summed E-state index contributed by atoms with van der Waals surface area (Å²) in [7, 11) is -2.07. The molecule has 25 heavy (non-hydrogen) atoms. The molecule has 138 valence electrons. The summed E-state index contributed by atoms with van der Waals surface area (Å²) in [6, 6.07) is 6.26. The van der Waals surface area contributed by atoms with Gasteiger partial charge in [-0.05, 0) is 37.6 Å². The first-order valence-corrected chi connectivity index (χ1v) is 10.1. The molecule has 1 saturated heterocycles. The normalized spacial score (nSPS) is 26.3. The number of alkyl halides is 2. The Labute approximate surface area is 157 Å². The van der Waals surface area contributed by atoms with E-state index in [9.17, 15) is 13.2 Å². The van der Waals surface area contributed by atoms with Crippen molar-refractivity contribution in [2.45, 2.75) is 22.6 Å². The van der Waals surface area contributed by atoms with Gasteiger partial charge in [0.15, 0.2) is 0 Å². The van der Waals surface area contributed by atoms with Crippen molar-refractivity contribution in [1.29, 1.82) is 0 Å². The lowest BCUT2D eigenvalue weighted by molar-refractivity contribution is -0.137. The number of benzene rings is 1. The first-order valence-electron chi connectivity index (χ1n) is 7.93. The minimum Gasteiger partial charge on any atom is -0.497 e. The molecule has 9 heteroatoms. The number of hydrogen-bond donors (Lipinski definition) is 0. The highest BCUT2D eigenvalue weighted by Gasteiger charge is 2.68. The van der Waals surface area contributed by atoms with Crippen LogP contribution in [0.3, 0.4) is 0 Å². The van der Waals surface area contributed by atoms with Crippen molar-refractivity contribution in [3.8, 4) is 5.75 Å². The van der Waals surface area contributed by atoms with E-state index in [2.05, 4.69) is 0 Å². The van der Waals surface area contributed by atoms with Gasteiger partial charge in [-0.1, -0.05) is 0 Å². The Bertz CT molecular complexity index is 774. The van der Waals surface area contributed by atoms with Crippen LogP contribution in [-0.2, 0) is 14.8 Å². The quantitative estimate of drug-likeness (QED) is 0.718. The number of piperazine rings is 1. The van der Waals surface area contributed by atoms with Gasteiger partial charge in [-0.3, -0.25) is 4.79 Å². The maximum Gasteiger partial charge on any atom is 0.243 e. The van der Waals surface area contributed by atoms with Crippen LogP contribution in [0.5, 0.6) is 5.75 Å². The van der Waals surface area contributed by atoms with E-state index in [1.54, 1.807) is 24.0 Å². The minimum absolute atomic E-state index is 0.112. The second kappa shape index (κ2) is 6.30. The fourth-order valence-electron chi connectivity index (χ4n) is 3.01. The van der Waals surface area contributed by atoms with E-state index >= 15 is 0 Å². The molecule has 0 spiro atoms. The molecule has 1 aromatic carbocycles. The summed E-state index contributed by atoms with van der Waals surface area (Å²) in [6.07, 6.45) is 0.423. The summed E-state index contributed by atoms with van der Waals surface area (Å²) in [6.45, 7) is 2.89. The number of hydrogen-bond acceptors (Lipinski definition) is 4. The van der Waals surface area contributed by atoms with Gasteiger partial charge in [0.2, 0.25) is 15.9 Å². The third kappa shape index (κ3) is 3.23. The predicted molar refractivity (Wildman–Crippen MR) is 95.5 cm³/mol. The Hall–Kier alpha value is -1.02. The van der Waals surface area contributed by atoms with Crippen molar-refractivity contribution >= 4 is 39.1 Å². The SMILES string of the molecule is COc1ccc(S(=O)(=O)N2CCN(C(=O)C3(C)CC3(Cl)Cl)CC2)cc1. The zero-order valence-corrected chi connectivity index (χ0v) is 16.4. The second-order valence-corrected chi connectivity index (χ2v) is 10.0. The van der Waals surface area contributed by atoms with E-state index in [-0.39, 0.29) is 23.9 Å². The largest absolute Gasteiger partial charge is 0.497 e. The minimum atomic E-state index is -3.59. The zero-order valence-electron chi connectivity index (χ0n) is 14.0. The molecule has 2 fully saturated rings. The third-order valence-corrected chi connectivity index (χ3v) is 7.97. The molecule has 1 saturated carbocycles. The number of carbonyl (C=O) groups is 1. The summed E-state index contributed by atoms with van der Waals surface area (Å²) >= 11 is 12.1. The Morgan fingerprint density at radius 2 is 1.64 bits per heavy atom. The van der Waals surface area contributed by atoms with Gasteiger partial charge in [0, 0.05) is 26.2 Å². The number of nitrogens with zero attached hydrogens (tertiary/aromatic N) is 2. The molecule has 0 N–H and O–H groups in total. The van der Waals surface area contributed by atoms with Gasteiger partial charge in [0.05, 0.1) is 17.4 Å². The van der Waals surface area contributed by atoms with Crippen LogP contribution in [0.15, 0.2) is 29.2 Å². The number of carbonyl (C=O) groups excluding carboxylic acids is 1. The molecular weight excluding hydrogens is 387 g/mol. The molecule has 1 aromatic rings. The van der Waals surface area contributed by atoms with E-state index in [0.29, 0.717) is 25.3 Å². The Morgan fingerprint density at radius 1 is 1.12 bits per heavy atom. The van der Waals surface area contributed by atoms with Crippen molar-refractivity contribution in [3.05, 3.63) is 24.3 Å². The topological polar surface area (TPSA) is 66.9 Å². The summed E-state index contributed by atoms with van der Waals surface area (Å²) < 4.78 is 30.9. The molecule has 0 bridgehead atoms. The van der Waals surface area contributed by atoms with Crippen LogP contribution in [-0.4, -0.2) is 61.2 Å². The van der Waals surface area contributed by atoms with Crippen molar-refractivity contribution in [2.75, 3.05) is 33.3 Å². The van der Waals surface area contributed by atoms with Gasteiger partial charge < -0.3 is 9.64 Å². The highest BCUT2D eigenvalue weighted by molar-refractivity contribution is 7.89. The maximum atomic E-state index is 12.7. The van der Waals surface area contributed by atoms with Gasteiger partial charge in [-0.2, -0.15) is 4.31 Å². The molecule has 2 aliphatic rings. The monoisotopic (exact) mass is 406 g/mol. The van der Waals surface area contributed by atoms with Crippen molar-refractivity contribution in [3.63, 3.8) is 0 Å². The zero-order chi connectivity index (χ0) is 18.5. The number of ether oxygens (including phenoxy) is 1. The molecule has 0 radical (unpaired) electrons. The highest BCUT2D eigenvalue weighted by atomic mass is 35.5. The molecule has 1 amide bonds. The second-order valence-electron chi connectivity index (χ2n) is 6.59. The number of halogens is 2. The standard InChI is InChI=1S/C16H20Cl2N2O4S/c1-15(11-16(15,17)18)14(21)19-7-9-20(10-8-19)25(22,23)13-5-3-12(24-2)4-6-13/h3-6H,7-11H2,1-2H3. The molecule has 1 unspecified atom stereocenters. The molecule has 6 nitrogen and oxygen atoms in total. The Kier molecular flexibility index (Phi) is 4.73. The first kappa shape index (κ1) is 18.8. The lowest BCUT2D eigenvalue weighted by Crippen LogP contribution is -2.52. The van der Waals surface area contributed by atoms with Crippen LogP contribution < -0.4 is 4.74 Å². The van der Waals surface area contributed by atoms with Crippen LogP contribution in [0.1, 0.15) is 13.3 Å². The fraction of sp³-hybridized carbons (Fsp3) is 0.562. The molecular formula is C16H20Cl2N2O4S. The average molecular weight is 407 g/mol. The third-order valence-electron chi connectivity index (χ3n) is 4.95. The number of rotatable bonds is 4. The van der Waals surface area contributed by atoms with Crippen molar-refractivity contribution in [2.24, 2.45) is 5.41 Å². The van der Waals surface area contributed by atoms with E-state index in [1.165, 1.54) is 23.5 Å². The van der Waals surface area contributed by atoms with Crippen LogP contribution in [0.25, 0.3) is 0 Å². The van der Waals surface area contributed by atoms with Gasteiger partial charge in [-0.15, -0.1) is 23.2 Å². The molecule has 1 aliphatic carbocycles. The highest BCUT2D eigenvalue weighted by Crippen LogP contribution is 2.64. The van der Waals surface area contributed by atoms with E-state index in [0.717, 1.165) is 0 Å². The molecule has 1 heterocycles. The summed E-state index contributed by atoms with van der Waals surface area (Å²) in [5, 5.41) is 0. The molecule has 1 aliphatic heterocycles. The lowest BCUT2D eigenvalue weighted by Gasteiger charge is -2.35. The van der Waals surface area contributed by atoms with E-state index in [4.69, 9.17) is 27.9 Å². The van der Waals surface area contributed by atoms with E-state index in [1.807, 2.05) is 0 Å². The fourth-order valence-corrected chi connectivity index (χ4v) is 5.13. The number of methoxy groups -OCH3 is 1. The number of sulfonamides is 1. The van der Waals surface area contributed by atoms with Gasteiger partial charge >= 0.3 is 0 Å². The molecule has 1 atom stereocenters. The maximum absolute atomic E-state index is 12.7. The number of amides is 1. The smallest absolute Gasteiger partial charge is 0.243 e. The molecule has 3 rings (SSSR count). The van der Waals surface area contributed by atoms with Gasteiger partial charge in [-0.25, -0.2) is 8.42 Å². The summed E-state index contributed by atoms with van der Waals surface area (Å²) in [5.41, 5.74) is -0.771. The summed E-state index contributed by atoms with van der Waals surface area (Å²) in [5.74, 6) is 0.483. The van der Waals surface area contributed by atoms with Crippen molar-refractivity contribution in [1.82, 2.24) is 9.21 Å². The first-order chi connectivity index (χ1) is 11.6. The lowest BCUT2D eigenvalue weighted by atomic mass is 10.1. The molecule has 0 aromatic heterocycles. The van der Waals surface area contributed by atoms with E-state index < -0.39 is 19.8 Å². The van der Waals surface area contributed by atoms with Crippen LogP contribution in [0, 0.1) is 5.41 Å². The van der Waals surface area contributed by atoms with Crippen LogP contribution in [0.4, 0.5) is 0 Å². The Morgan fingerprint density at radius 3 is 2.08 bits per heavy atom. The van der Waals surface area contributed by atoms with Crippen LogP contribution >= 0.6 is 23.2 Å². The Balaban J connectivity index is 1.66.